The van der Waals surface area contributed by atoms with Crippen LogP contribution in [0.3, 0.4) is 0 Å². The Kier molecular flexibility index (Phi) is 4.34. The Bertz CT molecular complexity index is 355. The van der Waals surface area contributed by atoms with Gasteiger partial charge in [0.05, 0.1) is 15.0 Å². The molecule has 14 heavy (non-hydrogen) atoms. The number of ether oxygens (including phenoxy) is 1. The summed E-state index contributed by atoms with van der Waals surface area (Å²) in [4.78, 5) is 0. The lowest BCUT2D eigenvalue weighted by molar-refractivity contribution is 0.152. The average Bonchev–Trinajstić information content (AvgIpc) is 2.54. The summed E-state index contributed by atoms with van der Waals surface area (Å²) in [5, 5.41) is 0.604. The third-order valence-corrected chi connectivity index (χ3v) is 7.77. The van der Waals surface area contributed by atoms with E-state index in [1.165, 1.54) is 8.42 Å². The molecule has 0 fully saturated rings. The summed E-state index contributed by atoms with van der Waals surface area (Å²) in [6, 6.07) is 0. The van der Waals surface area contributed by atoms with Crippen LogP contribution in [0.25, 0.3) is 0 Å². The first-order valence-electron chi connectivity index (χ1n) is 4.30. The predicted octanol–water partition coefficient (Wildman–Crippen LogP) is 4.14. The molecule has 0 amide bonds. The van der Waals surface area contributed by atoms with Crippen LogP contribution in [0.15, 0.2) is 8.42 Å². The summed E-state index contributed by atoms with van der Waals surface area (Å²) in [5.41, 5.74) is 0. The molecule has 1 aromatic rings. The highest BCUT2D eigenvalue weighted by Crippen LogP contribution is 2.47. The van der Waals surface area contributed by atoms with Gasteiger partial charge in [-0.15, -0.1) is 46.2 Å². The molecule has 0 saturated carbocycles. The lowest BCUT2D eigenvalue weighted by Crippen LogP contribution is -2.16. The van der Waals surface area contributed by atoms with Gasteiger partial charge in [-0.3, -0.25) is 0 Å². The van der Waals surface area contributed by atoms with E-state index in [4.69, 9.17) is 17.0 Å². The van der Waals surface area contributed by atoms with Crippen LogP contribution in [0.4, 0.5) is 0 Å². The van der Waals surface area contributed by atoms with Crippen molar-refractivity contribution >= 4 is 58.4 Å². The Hall–Kier alpha value is 0.930. The van der Waals surface area contributed by atoms with Gasteiger partial charge in [0.1, 0.15) is 3.14 Å². The maximum absolute atomic E-state index is 5.44. The van der Waals surface area contributed by atoms with Crippen molar-refractivity contribution in [3.63, 3.8) is 0 Å². The van der Waals surface area contributed by atoms with Gasteiger partial charge in [-0.05, 0) is 6.92 Å². The van der Waals surface area contributed by atoms with Crippen LogP contribution in [0.5, 0.6) is 0 Å². The van der Waals surface area contributed by atoms with Crippen molar-refractivity contribution in [2.75, 3.05) is 19.0 Å². The molecule has 2 heterocycles. The van der Waals surface area contributed by atoms with Gasteiger partial charge in [-0.25, -0.2) is 0 Å². The van der Waals surface area contributed by atoms with Crippen LogP contribution in [-0.4, -0.2) is 24.2 Å². The van der Waals surface area contributed by atoms with Crippen molar-refractivity contribution in [1.82, 2.24) is 0 Å². The third-order valence-electron chi connectivity index (χ3n) is 1.70. The quantitative estimate of drug-likeness (QED) is 0.770. The SMILES string of the molecule is CCOCC1CSc2sc(=S)sc2S1. The van der Waals surface area contributed by atoms with E-state index in [0.717, 1.165) is 22.1 Å². The van der Waals surface area contributed by atoms with Gasteiger partial charge in [0.15, 0.2) is 0 Å². The summed E-state index contributed by atoms with van der Waals surface area (Å²) in [7, 11) is 0. The van der Waals surface area contributed by atoms with Gasteiger partial charge in [0.25, 0.3) is 0 Å². The number of hydrogen-bond donors (Lipinski definition) is 0. The lowest BCUT2D eigenvalue weighted by atomic mass is 10.5. The summed E-state index contributed by atoms with van der Waals surface area (Å²) >= 11 is 12.5. The van der Waals surface area contributed by atoms with E-state index in [2.05, 4.69) is 0 Å². The molecule has 2 rings (SSSR count). The van der Waals surface area contributed by atoms with Crippen LogP contribution in [0.2, 0.25) is 0 Å². The molecule has 0 saturated heterocycles. The van der Waals surface area contributed by atoms with Crippen molar-refractivity contribution in [3.05, 3.63) is 3.14 Å². The Labute approximate surface area is 105 Å². The third kappa shape index (κ3) is 2.74. The minimum Gasteiger partial charge on any atom is -0.381 e. The van der Waals surface area contributed by atoms with Crippen molar-refractivity contribution in [1.29, 1.82) is 0 Å². The molecule has 1 aliphatic heterocycles. The molecule has 0 N–H and O–H groups in total. The largest absolute Gasteiger partial charge is 0.381 e. The van der Waals surface area contributed by atoms with E-state index in [1.807, 2.05) is 30.4 Å². The molecule has 0 aliphatic carbocycles. The normalized spacial score (nSPS) is 20.8. The minimum atomic E-state index is 0.604. The zero-order valence-corrected chi connectivity index (χ0v) is 11.7. The van der Waals surface area contributed by atoms with E-state index in [-0.39, 0.29) is 0 Å². The standard InChI is InChI=1S/C8H10OS5/c1-2-9-3-5-4-11-6-7(12-5)14-8(10)13-6/h5H,2-4H2,1H3. The van der Waals surface area contributed by atoms with Crippen LogP contribution < -0.4 is 0 Å². The van der Waals surface area contributed by atoms with E-state index in [0.29, 0.717) is 5.25 Å². The maximum atomic E-state index is 5.44. The molecule has 0 radical (unpaired) electrons. The minimum absolute atomic E-state index is 0.604. The Morgan fingerprint density at radius 3 is 3.00 bits per heavy atom. The Balaban J connectivity index is 2.02. The second-order valence-electron chi connectivity index (χ2n) is 2.74. The fourth-order valence-corrected chi connectivity index (χ4v) is 7.64. The highest BCUT2D eigenvalue weighted by Gasteiger charge is 2.22. The summed E-state index contributed by atoms with van der Waals surface area (Å²) in [6.45, 7) is 3.72. The van der Waals surface area contributed by atoms with Gasteiger partial charge in [0.2, 0.25) is 0 Å². The fourth-order valence-electron chi connectivity index (χ4n) is 1.10. The van der Waals surface area contributed by atoms with Gasteiger partial charge in [-0.1, -0.05) is 12.2 Å². The molecule has 1 aliphatic rings. The highest BCUT2D eigenvalue weighted by molar-refractivity contribution is 8.08. The molecule has 78 valence electrons. The monoisotopic (exact) mass is 282 g/mol. The summed E-state index contributed by atoms with van der Waals surface area (Å²) < 4.78 is 9.31. The number of rotatable bonds is 3. The second kappa shape index (κ2) is 5.32. The van der Waals surface area contributed by atoms with Gasteiger partial charge < -0.3 is 4.74 Å². The van der Waals surface area contributed by atoms with Crippen LogP contribution in [-0.2, 0) is 4.74 Å². The first-order valence-corrected chi connectivity index (χ1v) is 8.21. The lowest BCUT2D eigenvalue weighted by Gasteiger charge is -2.19. The van der Waals surface area contributed by atoms with Crippen LogP contribution >= 0.6 is 58.4 Å². The maximum Gasteiger partial charge on any atom is 0.145 e. The summed E-state index contributed by atoms with van der Waals surface area (Å²) in [5.74, 6) is 1.15. The molecule has 1 aromatic heterocycles. The molecule has 0 bridgehead atoms. The van der Waals surface area contributed by atoms with Crippen molar-refractivity contribution < 1.29 is 4.74 Å². The number of thioether (sulfide) groups is 2. The zero-order chi connectivity index (χ0) is 9.97. The molecule has 0 aromatic carbocycles. The topological polar surface area (TPSA) is 9.23 Å². The van der Waals surface area contributed by atoms with Crippen LogP contribution in [0, 0.1) is 3.14 Å². The van der Waals surface area contributed by atoms with Gasteiger partial charge in [-0.2, -0.15) is 0 Å². The first-order chi connectivity index (χ1) is 6.79. The Morgan fingerprint density at radius 2 is 2.21 bits per heavy atom. The second-order valence-corrected chi connectivity index (χ2v) is 8.82. The molecule has 1 nitrogen and oxygen atoms in total. The van der Waals surface area contributed by atoms with E-state index in [9.17, 15) is 0 Å². The predicted molar refractivity (Wildman–Crippen MR) is 69.9 cm³/mol. The van der Waals surface area contributed by atoms with E-state index < -0.39 is 0 Å². The highest BCUT2D eigenvalue weighted by atomic mass is 32.2. The average molecular weight is 283 g/mol. The van der Waals surface area contributed by atoms with Crippen molar-refractivity contribution in [3.8, 4) is 0 Å². The van der Waals surface area contributed by atoms with Crippen molar-refractivity contribution in [2.45, 2.75) is 20.6 Å². The molecule has 0 spiro atoms. The number of hydrogen-bond acceptors (Lipinski definition) is 6. The van der Waals surface area contributed by atoms with E-state index >= 15 is 0 Å². The smallest absolute Gasteiger partial charge is 0.145 e. The fraction of sp³-hybridized carbons (Fsp3) is 0.625. The summed E-state index contributed by atoms with van der Waals surface area (Å²) in [6.07, 6.45) is 0. The molecule has 1 unspecified atom stereocenters. The molecule has 6 heteroatoms. The molecule has 1 atom stereocenters. The molecular formula is C8H10OS5. The van der Waals surface area contributed by atoms with Crippen LogP contribution in [0.1, 0.15) is 6.92 Å². The van der Waals surface area contributed by atoms with E-state index in [1.54, 1.807) is 22.7 Å². The van der Waals surface area contributed by atoms with Gasteiger partial charge in [0, 0.05) is 17.6 Å². The number of fused-ring (bicyclic) bond motifs is 1. The zero-order valence-electron chi connectivity index (χ0n) is 7.65. The van der Waals surface area contributed by atoms with Crippen molar-refractivity contribution in [2.24, 2.45) is 0 Å². The first kappa shape index (κ1) is 11.4. The molecular weight excluding hydrogens is 272 g/mol. The Morgan fingerprint density at radius 1 is 1.43 bits per heavy atom. The van der Waals surface area contributed by atoms with Gasteiger partial charge >= 0.3 is 0 Å².